The number of amides is 2. The van der Waals surface area contributed by atoms with Gasteiger partial charge in [0.15, 0.2) is 6.61 Å². The van der Waals surface area contributed by atoms with Crippen LogP contribution in [0.5, 0.6) is 11.5 Å². The lowest BCUT2D eigenvalue weighted by molar-refractivity contribution is -0.142. The summed E-state index contributed by atoms with van der Waals surface area (Å²) in [6, 6.07) is 13.0. The number of nitrogens with one attached hydrogen (secondary N) is 1. The van der Waals surface area contributed by atoms with Crippen molar-refractivity contribution in [1.29, 1.82) is 0 Å². The van der Waals surface area contributed by atoms with E-state index in [1.54, 1.807) is 18.9 Å². The Morgan fingerprint density at radius 2 is 1.88 bits per heavy atom. The number of benzene rings is 2. The number of aryl methyl sites for hydroxylation is 2. The van der Waals surface area contributed by atoms with E-state index in [4.69, 9.17) is 9.47 Å². The number of ether oxygens (including phenoxy) is 2. The third-order valence-corrected chi connectivity index (χ3v) is 6.04. The van der Waals surface area contributed by atoms with Crippen molar-refractivity contribution in [2.45, 2.75) is 65.1 Å². The summed E-state index contributed by atoms with van der Waals surface area (Å²) < 4.78 is 11.1. The fourth-order valence-electron chi connectivity index (χ4n) is 4.13. The number of hydrogen-bond acceptors (Lipinski definition) is 4. The first kappa shape index (κ1) is 23.6. The van der Waals surface area contributed by atoms with E-state index in [2.05, 4.69) is 5.32 Å². The molecule has 0 spiro atoms. The summed E-state index contributed by atoms with van der Waals surface area (Å²) in [5, 5.41) is 3.11. The van der Waals surface area contributed by atoms with Crippen molar-refractivity contribution in [3.63, 3.8) is 0 Å². The van der Waals surface area contributed by atoms with Gasteiger partial charge in [0.25, 0.3) is 5.91 Å². The van der Waals surface area contributed by atoms with Gasteiger partial charge in [-0.25, -0.2) is 0 Å². The summed E-state index contributed by atoms with van der Waals surface area (Å²) in [6.07, 6.45) is 4.27. The lowest BCUT2D eigenvalue weighted by atomic mass is 10.1. The highest BCUT2D eigenvalue weighted by Crippen LogP contribution is 2.21. The molecule has 6 heteroatoms. The highest BCUT2D eigenvalue weighted by atomic mass is 16.5. The Kier molecular flexibility index (Phi) is 8.14. The molecule has 172 valence electrons. The van der Waals surface area contributed by atoms with Crippen LogP contribution in [0.15, 0.2) is 42.5 Å². The Balaban J connectivity index is 1.74. The molecule has 6 nitrogen and oxygen atoms in total. The summed E-state index contributed by atoms with van der Waals surface area (Å²) >= 11 is 0. The number of carbonyl (C=O) groups excluding carboxylic acids is 2. The molecule has 1 unspecified atom stereocenters. The van der Waals surface area contributed by atoms with Gasteiger partial charge in [0.05, 0.1) is 7.11 Å². The van der Waals surface area contributed by atoms with Gasteiger partial charge in [0.2, 0.25) is 5.91 Å². The molecule has 1 N–H and O–H groups in total. The van der Waals surface area contributed by atoms with E-state index in [-0.39, 0.29) is 24.5 Å². The standard InChI is InChI=1S/C26H34N2O4/c1-18-12-13-24(19(2)14-18)32-17-25(29)28(16-21-8-7-11-23(15-21)31-4)20(3)26(30)27-22-9-5-6-10-22/h7-8,11-15,20,22H,5-6,9-10,16-17H2,1-4H3,(H,27,30). The highest BCUT2D eigenvalue weighted by Gasteiger charge is 2.29. The molecular weight excluding hydrogens is 404 g/mol. The van der Waals surface area contributed by atoms with Gasteiger partial charge < -0.3 is 19.7 Å². The first-order valence-corrected chi connectivity index (χ1v) is 11.3. The second kappa shape index (κ2) is 11.0. The predicted octanol–water partition coefficient (Wildman–Crippen LogP) is 4.17. The third-order valence-electron chi connectivity index (χ3n) is 6.04. The van der Waals surface area contributed by atoms with E-state index in [0.717, 1.165) is 42.4 Å². The monoisotopic (exact) mass is 438 g/mol. The van der Waals surface area contributed by atoms with Crippen LogP contribution in [-0.2, 0) is 16.1 Å². The minimum absolute atomic E-state index is 0.125. The Hall–Kier alpha value is -3.02. The molecule has 2 aromatic rings. The Bertz CT molecular complexity index is 937. The molecule has 0 heterocycles. The summed E-state index contributed by atoms with van der Waals surface area (Å²) in [4.78, 5) is 27.8. The van der Waals surface area contributed by atoms with Crippen LogP contribution in [0.4, 0.5) is 0 Å². The minimum Gasteiger partial charge on any atom is -0.497 e. The molecule has 0 aliphatic heterocycles. The van der Waals surface area contributed by atoms with E-state index >= 15 is 0 Å². The van der Waals surface area contributed by atoms with Crippen molar-refractivity contribution < 1.29 is 19.1 Å². The van der Waals surface area contributed by atoms with Crippen LogP contribution in [0.3, 0.4) is 0 Å². The summed E-state index contributed by atoms with van der Waals surface area (Å²) in [5.74, 6) is 1.03. The van der Waals surface area contributed by atoms with Crippen molar-refractivity contribution >= 4 is 11.8 Å². The largest absolute Gasteiger partial charge is 0.497 e. The summed E-state index contributed by atoms with van der Waals surface area (Å²) in [7, 11) is 1.61. The molecule has 1 atom stereocenters. The second-order valence-corrected chi connectivity index (χ2v) is 8.60. The number of carbonyl (C=O) groups is 2. The van der Waals surface area contributed by atoms with Crippen LogP contribution in [-0.4, -0.2) is 42.5 Å². The average Bonchev–Trinajstić information content (AvgIpc) is 3.29. The van der Waals surface area contributed by atoms with Crippen molar-refractivity contribution in [3.8, 4) is 11.5 Å². The fourth-order valence-corrected chi connectivity index (χ4v) is 4.13. The quantitative estimate of drug-likeness (QED) is 0.638. The zero-order chi connectivity index (χ0) is 23.1. The SMILES string of the molecule is COc1cccc(CN(C(=O)COc2ccc(C)cc2C)C(C)C(=O)NC2CCCC2)c1. The maximum absolute atomic E-state index is 13.2. The maximum atomic E-state index is 13.2. The van der Waals surface area contributed by atoms with Gasteiger partial charge >= 0.3 is 0 Å². The van der Waals surface area contributed by atoms with Gasteiger partial charge in [0.1, 0.15) is 17.5 Å². The number of methoxy groups -OCH3 is 1. The Morgan fingerprint density at radius 1 is 1.12 bits per heavy atom. The number of rotatable bonds is 9. The molecule has 0 bridgehead atoms. The van der Waals surface area contributed by atoms with Gasteiger partial charge in [-0.1, -0.05) is 42.7 Å². The zero-order valence-electron chi connectivity index (χ0n) is 19.5. The third kappa shape index (κ3) is 6.25. The van der Waals surface area contributed by atoms with Crippen LogP contribution in [0.25, 0.3) is 0 Å². The first-order chi connectivity index (χ1) is 15.4. The molecule has 1 aliphatic rings. The molecule has 0 aromatic heterocycles. The first-order valence-electron chi connectivity index (χ1n) is 11.3. The second-order valence-electron chi connectivity index (χ2n) is 8.60. The molecule has 1 fully saturated rings. The number of hydrogen-bond donors (Lipinski definition) is 1. The van der Waals surface area contributed by atoms with Crippen molar-refractivity contribution in [3.05, 3.63) is 59.2 Å². The fraction of sp³-hybridized carbons (Fsp3) is 0.462. The van der Waals surface area contributed by atoms with Gasteiger partial charge in [0, 0.05) is 12.6 Å². The van der Waals surface area contributed by atoms with E-state index in [0.29, 0.717) is 18.0 Å². The molecule has 2 aromatic carbocycles. The van der Waals surface area contributed by atoms with E-state index < -0.39 is 6.04 Å². The van der Waals surface area contributed by atoms with Crippen LogP contribution in [0.2, 0.25) is 0 Å². The minimum atomic E-state index is -0.614. The van der Waals surface area contributed by atoms with Gasteiger partial charge in [-0.05, 0) is 62.9 Å². The molecular formula is C26H34N2O4. The Labute approximate surface area is 190 Å². The molecule has 0 saturated heterocycles. The molecule has 2 amide bonds. The topological polar surface area (TPSA) is 67.9 Å². The maximum Gasteiger partial charge on any atom is 0.261 e. The van der Waals surface area contributed by atoms with Gasteiger partial charge in [-0.3, -0.25) is 9.59 Å². The lowest BCUT2D eigenvalue weighted by Crippen LogP contribution is -2.50. The Morgan fingerprint density at radius 3 is 2.56 bits per heavy atom. The van der Waals surface area contributed by atoms with Crippen molar-refractivity contribution in [2.24, 2.45) is 0 Å². The van der Waals surface area contributed by atoms with Crippen LogP contribution in [0, 0.1) is 13.8 Å². The van der Waals surface area contributed by atoms with Crippen molar-refractivity contribution in [1.82, 2.24) is 10.2 Å². The molecule has 1 saturated carbocycles. The normalized spacial score (nSPS) is 14.6. The molecule has 0 radical (unpaired) electrons. The summed E-state index contributed by atoms with van der Waals surface area (Å²) in [5.41, 5.74) is 3.01. The zero-order valence-corrected chi connectivity index (χ0v) is 19.5. The van der Waals surface area contributed by atoms with E-state index in [1.165, 1.54) is 0 Å². The van der Waals surface area contributed by atoms with E-state index in [1.807, 2.05) is 56.3 Å². The van der Waals surface area contributed by atoms with Crippen molar-refractivity contribution in [2.75, 3.05) is 13.7 Å². The predicted molar refractivity (Wildman–Crippen MR) is 125 cm³/mol. The van der Waals surface area contributed by atoms with Crippen LogP contribution >= 0.6 is 0 Å². The smallest absolute Gasteiger partial charge is 0.261 e. The average molecular weight is 439 g/mol. The highest BCUT2D eigenvalue weighted by molar-refractivity contribution is 5.88. The molecule has 3 rings (SSSR count). The van der Waals surface area contributed by atoms with Gasteiger partial charge in [-0.15, -0.1) is 0 Å². The van der Waals surface area contributed by atoms with Crippen LogP contribution < -0.4 is 14.8 Å². The molecule has 1 aliphatic carbocycles. The van der Waals surface area contributed by atoms with Gasteiger partial charge in [-0.2, -0.15) is 0 Å². The molecule has 32 heavy (non-hydrogen) atoms. The lowest BCUT2D eigenvalue weighted by Gasteiger charge is -2.30. The summed E-state index contributed by atoms with van der Waals surface area (Å²) in [6.45, 7) is 5.92. The number of nitrogens with zero attached hydrogens (tertiary/aromatic N) is 1. The van der Waals surface area contributed by atoms with E-state index in [9.17, 15) is 9.59 Å². The van der Waals surface area contributed by atoms with Crippen LogP contribution in [0.1, 0.15) is 49.3 Å².